The summed E-state index contributed by atoms with van der Waals surface area (Å²) in [6.07, 6.45) is 0. The van der Waals surface area contributed by atoms with Gasteiger partial charge in [0.25, 0.3) is 0 Å². The Morgan fingerprint density at radius 1 is 0.881 bits per heavy atom. The van der Waals surface area contributed by atoms with Crippen LogP contribution >= 0.6 is 7.81 Å². The fourth-order valence-corrected chi connectivity index (χ4v) is 3.17. The van der Waals surface area contributed by atoms with Crippen LogP contribution in [0, 0.1) is 24.1 Å². The number of halogens is 7. The predicted octanol–water partition coefficient (Wildman–Crippen LogP) is 10.3. The molecule has 0 N–H and O–H groups in total. The molecule has 1 radical (unpaired) electrons. The van der Waals surface area contributed by atoms with Crippen molar-refractivity contribution in [2.24, 2.45) is 10.1 Å². The van der Waals surface area contributed by atoms with E-state index in [1.807, 2.05) is 18.2 Å². The normalized spacial score (nSPS) is 13.9. The molecule has 5 nitrogen and oxygen atoms in total. The summed E-state index contributed by atoms with van der Waals surface area (Å²) >= 11 is 0. The van der Waals surface area contributed by atoms with Crippen LogP contribution in [0.2, 0.25) is 0 Å². The summed E-state index contributed by atoms with van der Waals surface area (Å²) in [6, 6.07) is 22.1. The average molecular weight is 706 g/mol. The molecule has 4 rings (SSSR count). The molecule has 0 bridgehead atoms. The Morgan fingerprint density at radius 3 is 1.81 bits per heavy atom. The zero-order valence-electron chi connectivity index (χ0n) is 23.5. The van der Waals surface area contributed by atoms with E-state index in [0.717, 1.165) is 16.8 Å². The molecule has 0 unspecified atom stereocenters. The topological polar surface area (TPSA) is 67.0 Å². The van der Waals surface area contributed by atoms with Gasteiger partial charge in [0.1, 0.15) is 30.1 Å². The number of fused-ring (bicyclic) bond motifs is 1. The van der Waals surface area contributed by atoms with Gasteiger partial charge in [-0.25, -0.2) is 9.38 Å². The van der Waals surface area contributed by atoms with Crippen LogP contribution in [0.15, 0.2) is 76.9 Å². The van der Waals surface area contributed by atoms with Gasteiger partial charge in [-0.2, -0.15) is 5.26 Å². The van der Waals surface area contributed by atoms with Gasteiger partial charge >= 0.3 is 52.5 Å². The van der Waals surface area contributed by atoms with Gasteiger partial charge in [-0.05, 0) is 60.9 Å². The predicted molar refractivity (Wildman–Crippen MR) is 149 cm³/mol. The number of nitriles is 1. The molecular formula is C28H30F7N3O2PRu. The van der Waals surface area contributed by atoms with Crippen molar-refractivity contribution in [3.05, 3.63) is 94.8 Å². The second-order valence-electron chi connectivity index (χ2n) is 8.72. The van der Waals surface area contributed by atoms with Crippen molar-refractivity contribution in [1.82, 2.24) is 0 Å². The Kier molecular flexibility index (Phi) is 14.0. The molecular weight excluding hydrogens is 675 g/mol. The zero-order chi connectivity index (χ0) is 31.5. The first-order chi connectivity index (χ1) is 18.8. The Bertz CT molecular complexity index is 1390. The number of methoxy groups -OCH3 is 1. The van der Waals surface area contributed by atoms with Crippen molar-refractivity contribution in [3.63, 3.8) is 0 Å². The molecule has 0 fully saturated rings. The molecule has 231 valence electrons. The average Bonchev–Trinajstić information content (AvgIpc) is 3.21. The number of nitrogens with zero attached hydrogens (tertiary/aromatic N) is 3. The number of hydrogen-bond acceptors (Lipinski definition) is 5. The van der Waals surface area contributed by atoms with E-state index in [0.29, 0.717) is 23.1 Å². The second-order valence-corrected chi connectivity index (χ2v) is 10.6. The van der Waals surface area contributed by atoms with Crippen molar-refractivity contribution in [2.45, 2.75) is 33.6 Å². The van der Waals surface area contributed by atoms with Crippen LogP contribution in [-0.2, 0) is 24.3 Å². The molecule has 0 aromatic heterocycles. The summed E-state index contributed by atoms with van der Waals surface area (Å²) < 4.78 is 77.5. The number of aliphatic imine (C=N–C) groups is 1. The molecule has 14 heteroatoms. The monoisotopic (exact) mass is 706 g/mol. The molecule has 0 spiro atoms. The summed E-state index contributed by atoms with van der Waals surface area (Å²) in [4.78, 5) is 9.48. The molecule has 0 saturated carbocycles. The molecule has 0 saturated heterocycles. The van der Waals surface area contributed by atoms with E-state index in [9.17, 15) is 29.6 Å². The first-order valence-corrected chi connectivity index (χ1v) is 13.9. The number of oxime groups is 1. The summed E-state index contributed by atoms with van der Waals surface area (Å²) in [6.45, 7) is 7.97. The van der Waals surface area contributed by atoms with Gasteiger partial charge in [0, 0.05) is 18.1 Å². The van der Waals surface area contributed by atoms with Crippen LogP contribution < -0.4 is 4.74 Å². The molecule has 1 aliphatic rings. The third-order valence-corrected chi connectivity index (χ3v) is 4.96. The van der Waals surface area contributed by atoms with Crippen LogP contribution in [0.1, 0.15) is 48.9 Å². The van der Waals surface area contributed by atoms with Crippen LogP contribution in [0.25, 0.3) is 0 Å². The van der Waals surface area contributed by atoms with Gasteiger partial charge in [-0.3, -0.25) is 0 Å². The summed E-state index contributed by atoms with van der Waals surface area (Å²) in [5, 5.41) is 11.4. The summed E-state index contributed by atoms with van der Waals surface area (Å²) in [7, 11) is -7.58. The zero-order valence-corrected chi connectivity index (χ0v) is 26.2. The Hall–Kier alpha value is -3.35. The minimum Gasteiger partial charge on any atom is 1.00 e. The van der Waals surface area contributed by atoms with E-state index in [1.165, 1.54) is 37.3 Å². The van der Waals surface area contributed by atoms with E-state index < -0.39 is 7.81 Å². The van der Waals surface area contributed by atoms with E-state index in [2.05, 4.69) is 55.2 Å². The van der Waals surface area contributed by atoms with Crippen molar-refractivity contribution < 1.29 is 58.6 Å². The fraction of sp³-hybridized carbons (Fsp3) is 0.250. The maximum Gasteiger partial charge on any atom is 1.00 e. The second kappa shape index (κ2) is 15.2. The van der Waals surface area contributed by atoms with Gasteiger partial charge in [0.15, 0.2) is 0 Å². The minimum absolute atomic E-state index is 0. The number of benzene rings is 3. The molecule has 1 aliphatic heterocycles. The van der Waals surface area contributed by atoms with Gasteiger partial charge < -0.3 is 9.57 Å². The third-order valence-electron chi connectivity index (χ3n) is 4.96. The number of rotatable bonds is 4. The van der Waals surface area contributed by atoms with Crippen LogP contribution in [0.4, 0.5) is 35.3 Å². The molecule has 0 amide bonds. The van der Waals surface area contributed by atoms with Crippen LogP contribution in [-0.4, -0.2) is 25.6 Å². The third kappa shape index (κ3) is 15.6. The molecule has 0 aliphatic carbocycles. The number of ether oxygens (including phenoxy) is 1. The standard InChI is InChI=1S/C16H13FN2O2.C10H14.C2H3N.F6P.Ru/c1-20-12-7-8-14-13(9-12)16(19-21-2)15(18-14)10-3-5-11(17)6-4-10;1-8(2)10-6-4-9(3)5-7-10;1-2-3;1-7(2,3,4,5)6;/h3-9H,1-2H3;4-8H,1-3H3;1H3;;/q;;;-1;+1/b19-16+;;;;. The quantitative estimate of drug-likeness (QED) is 0.117. The maximum absolute atomic E-state index is 13.1. The largest absolute Gasteiger partial charge is 1.00 e. The van der Waals surface area contributed by atoms with Crippen LogP contribution in [0.3, 0.4) is 0 Å². The Morgan fingerprint density at radius 2 is 1.38 bits per heavy atom. The van der Waals surface area contributed by atoms with Crippen molar-refractivity contribution >= 4 is 24.9 Å². The van der Waals surface area contributed by atoms with Crippen molar-refractivity contribution in [1.29, 1.82) is 5.26 Å². The first-order valence-electron chi connectivity index (χ1n) is 11.9. The summed E-state index contributed by atoms with van der Waals surface area (Å²) in [5.41, 5.74) is 6.41. The molecule has 0 atom stereocenters. The first kappa shape index (κ1) is 38.7. The minimum atomic E-state index is -10.7. The molecule has 3 aromatic carbocycles. The smallest absolute Gasteiger partial charge is 1.00 e. The van der Waals surface area contributed by atoms with Crippen molar-refractivity contribution in [2.75, 3.05) is 14.2 Å². The molecule has 1 heterocycles. The number of hydrogen-bond donors (Lipinski definition) is 0. The van der Waals surface area contributed by atoms with Crippen LogP contribution in [0.5, 0.6) is 5.75 Å². The van der Waals surface area contributed by atoms with Gasteiger partial charge in [-0.15, -0.1) is 0 Å². The maximum atomic E-state index is 13.1. The van der Waals surface area contributed by atoms with Crippen molar-refractivity contribution in [3.8, 4) is 11.8 Å². The van der Waals surface area contributed by atoms with E-state index in [-0.39, 0.29) is 25.3 Å². The van der Waals surface area contributed by atoms with E-state index in [4.69, 9.17) is 14.8 Å². The van der Waals surface area contributed by atoms with Gasteiger partial charge in [0.05, 0.1) is 18.9 Å². The van der Waals surface area contributed by atoms with Gasteiger partial charge in [-0.1, -0.05) is 48.8 Å². The van der Waals surface area contributed by atoms with Gasteiger partial charge in [0.2, 0.25) is 0 Å². The number of aryl methyl sites for hydroxylation is 1. The Balaban J connectivity index is 0.000000668. The summed E-state index contributed by atoms with van der Waals surface area (Å²) in [5.74, 6) is 1.08. The fourth-order valence-electron chi connectivity index (χ4n) is 3.17. The Labute approximate surface area is 253 Å². The molecule has 42 heavy (non-hydrogen) atoms. The SMILES string of the molecule is CC#N.CO/N=C1/C(c2ccc(F)cc2)=Nc2ccc(OC)cc21.Cc1ccc(C(C)C)cc1.F[P-](F)(F)(F)(F)F.[Ru+]. The molecule has 3 aromatic rings. The van der Waals surface area contributed by atoms with E-state index in [1.54, 1.807) is 25.3 Å². The van der Waals surface area contributed by atoms with E-state index >= 15 is 0 Å².